The standard InChI is InChI=1S/C14H17F3N2O3/c1-3-12(20)18-10-5-4-6-11(7-10)19-13(21)9(2)22-8-14(15,16)17/h4-7,9H,3,8H2,1-2H3,(H,18,20)(H,19,21). The van der Waals surface area contributed by atoms with Crippen molar-refractivity contribution in [3.05, 3.63) is 24.3 Å². The fourth-order valence-electron chi connectivity index (χ4n) is 1.46. The third-order valence-electron chi connectivity index (χ3n) is 2.60. The summed E-state index contributed by atoms with van der Waals surface area (Å²) < 4.78 is 40.5. The van der Waals surface area contributed by atoms with E-state index >= 15 is 0 Å². The molecule has 1 atom stereocenters. The number of anilines is 2. The van der Waals surface area contributed by atoms with Gasteiger partial charge in [-0.2, -0.15) is 13.2 Å². The summed E-state index contributed by atoms with van der Waals surface area (Å²) in [6.45, 7) is 1.43. The van der Waals surface area contributed by atoms with Crippen molar-refractivity contribution in [2.24, 2.45) is 0 Å². The van der Waals surface area contributed by atoms with Crippen LogP contribution in [0.25, 0.3) is 0 Å². The van der Waals surface area contributed by atoms with Crippen LogP contribution in [0.3, 0.4) is 0 Å². The van der Waals surface area contributed by atoms with Gasteiger partial charge < -0.3 is 15.4 Å². The van der Waals surface area contributed by atoms with Crippen LogP contribution in [0.5, 0.6) is 0 Å². The summed E-state index contributed by atoms with van der Waals surface area (Å²) in [4.78, 5) is 23.0. The molecular formula is C14H17F3N2O3. The van der Waals surface area contributed by atoms with Gasteiger partial charge in [0.1, 0.15) is 12.7 Å². The quantitative estimate of drug-likeness (QED) is 0.847. The Morgan fingerprint density at radius 1 is 1.23 bits per heavy atom. The number of halogens is 3. The van der Waals surface area contributed by atoms with Gasteiger partial charge in [-0.05, 0) is 25.1 Å². The molecule has 0 spiro atoms. The lowest BCUT2D eigenvalue weighted by molar-refractivity contribution is -0.184. The Hall–Kier alpha value is -2.09. The van der Waals surface area contributed by atoms with Crippen LogP contribution in [0.2, 0.25) is 0 Å². The maximum atomic E-state index is 12.0. The fourth-order valence-corrected chi connectivity index (χ4v) is 1.46. The van der Waals surface area contributed by atoms with E-state index in [0.717, 1.165) is 0 Å². The second-order valence-electron chi connectivity index (χ2n) is 4.54. The summed E-state index contributed by atoms with van der Waals surface area (Å²) in [5.74, 6) is -0.895. The van der Waals surface area contributed by atoms with E-state index < -0.39 is 24.8 Å². The monoisotopic (exact) mass is 318 g/mol. The van der Waals surface area contributed by atoms with Crippen LogP contribution in [0.15, 0.2) is 24.3 Å². The molecular weight excluding hydrogens is 301 g/mol. The molecule has 5 nitrogen and oxygen atoms in total. The van der Waals surface area contributed by atoms with Crippen LogP contribution in [-0.4, -0.2) is 30.7 Å². The lowest BCUT2D eigenvalue weighted by atomic mass is 10.2. The molecule has 0 aliphatic heterocycles. The van der Waals surface area contributed by atoms with Gasteiger partial charge in [0.15, 0.2) is 0 Å². The number of nitrogens with one attached hydrogen (secondary N) is 2. The molecule has 0 aliphatic rings. The summed E-state index contributed by atoms with van der Waals surface area (Å²) in [6, 6.07) is 6.28. The first-order chi connectivity index (χ1) is 10.2. The highest BCUT2D eigenvalue weighted by atomic mass is 19.4. The zero-order chi connectivity index (χ0) is 16.8. The summed E-state index contributed by atoms with van der Waals surface area (Å²) in [5, 5.41) is 5.04. The number of benzene rings is 1. The molecule has 1 unspecified atom stereocenters. The number of carbonyl (C=O) groups excluding carboxylic acids is 2. The minimum absolute atomic E-state index is 0.189. The topological polar surface area (TPSA) is 67.4 Å². The molecule has 22 heavy (non-hydrogen) atoms. The molecule has 1 aromatic rings. The molecule has 1 rings (SSSR count). The Morgan fingerprint density at radius 3 is 2.36 bits per heavy atom. The van der Waals surface area contributed by atoms with Crippen LogP contribution < -0.4 is 10.6 Å². The molecule has 0 fully saturated rings. The summed E-state index contributed by atoms with van der Waals surface area (Å²) >= 11 is 0. The Labute approximate surface area is 125 Å². The minimum atomic E-state index is -4.49. The molecule has 8 heteroatoms. The second kappa shape index (κ2) is 7.79. The largest absolute Gasteiger partial charge is 0.411 e. The van der Waals surface area contributed by atoms with Gasteiger partial charge in [0, 0.05) is 17.8 Å². The van der Waals surface area contributed by atoms with Crippen molar-refractivity contribution in [2.75, 3.05) is 17.2 Å². The van der Waals surface area contributed by atoms with E-state index in [2.05, 4.69) is 15.4 Å². The van der Waals surface area contributed by atoms with Gasteiger partial charge in [-0.15, -0.1) is 0 Å². The number of hydrogen-bond donors (Lipinski definition) is 2. The second-order valence-corrected chi connectivity index (χ2v) is 4.54. The summed E-state index contributed by atoms with van der Waals surface area (Å²) in [7, 11) is 0. The van der Waals surface area contributed by atoms with Crippen LogP contribution in [0.4, 0.5) is 24.5 Å². The Balaban J connectivity index is 2.60. The maximum Gasteiger partial charge on any atom is 0.411 e. The van der Waals surface area contributed by atoms with Crippen LogP contribution >= 0.6 is 0 Å². The van der Waals surface area contributed by atoms with Gasteiger partial charge in [0.2, 0.25) is 5.91 Å². The van der Waals surface area contributed by atoms with Crippen molar-refractivity contribution in [1.29, 1.82) is 0 Å². The van der Waals surface area contributed by atoms with Crippen LogP contribution in [-0.2, 0) is 14.3 Å². The van der Waals surface area contributed by atoms with Crippen molar-refractivity contribution in [3.8, 4) is 0 Å². The van der Waals surface area contributed by atoms with Crippen molar-refractivity contribution in [1.82, 2.24) is 0 Å². The molecule has 0 saturated carbocycles. The van der Waals surface area contributed by atoms with E-state index in [1.807, 2.05) is 0 Å². The predicted octanol–water partition coefficient (Wildman–Crippen LogP) is 2.94. The minimum Gasteiger partial charge on any atom is -0.359 e. The maximum absolute atomic E-state index is 12.0. The molecule has 0 aliphatic carbocycles. The highest BCUT2D eigenvalue weighted by Crippen LogP contribution is 2.18. The summed E-state index contributed by atoms with van der Waals surface area (Å²) in [6.07, 6.45) is -5.44. The molecule has 1 aromatic carbocycles. The number of amides is 2. The van der Waals surface area contributed by atoms with Crippen molar-refractivity contribution < 1.29 is 27.5 Å². The lowest BCUT2D eigenvalue weighted by Gasteiger charge is -2.15. The smallest absolute Gasteiger partial charge is 0.359 e. The Morgan fingerprint density at radius 2 is 1.82 bits per heavy atom. The fraction of sp³-hybridized carbons (Fsp3) is 0.429. The number of carbonyl (C=O) groups is 2. The summed E-state index contributed by atoms with van der Waals surface area (Å²) in [5.41, 5.74) is 0.829. The molecule has 0 bridgehead atoms. The van der Waals surface area contributed by atoms with E-state index in [1.165, 1.54) is 13.0 Å². The van der Waals surface area contributed by atoms with Crippen molar-refractivity contribution in [2.45, 2.75) is 32.5 Å². The van der Waals surface area contributed by atoms with Crippen molar-refractivity contribution >= 4 is 23.2 Å². The van der Waals surface area contributed by atoms with Gasteiger partial charge >= 0.3 is 6.18 Å². The predicted molar refractivity (Wildman–Crippen MR) is 75.5 cm³/mol. The molecule has 2 N–H and O–H groups in total. The first kappa shape index (κ1) is 18.0. The van der Waals surface area contributed by atoms with E-state index in [-0.39, 0.29) is 5.91 Å². The average Bonchev–Trinajstić information content (AvgIpc) is 2.44. The molecule has 0 heterocycles. The van der Waals surface area contributed by atoms with Crippen LogP contribution in [0, 0.1) is 0 Å². The van der Waals surface area contributed by atoms with Gasteiger partial charge in [0.05, 0.1) is 0 Å². The van der Waals surface area contributed by atoms with Crippen LogP contribution in [0.1, 0.15) is 20.3 Å². The number of ether oxygens (including phenoxy) is 1. The van der Waals surface area contributed by atoms with Gasteiger partial charge in [-0.25, -0.2) is 0 Å². The zero-order valence-electron chi connectivity index (χ0n) is 12.2. The Bertz CT molecular complexity index is 532. The van der Waals surface area contributed by atoms with Crippen molar-refractivity contribution in [3.63, 3.8) is 0 Å². The third-order valence-corrected chi connectivity index (χ3v) is 2.60. The molecule has 0 saturated heterocycles. The van der Waals surface area contributed by atoms with Gasteiger partial charge in [-0.3, -0.25) is 9.59 Å². The van der Waals surface area contributed by atoms with E-state index in [4.69, 9.17) is 0 Å². The first-order valence-corrected chi connectivity index (χ1v) is 6.60. The molecule has 122 valence electrons. The first-order valence-electron chi connectivity index (χ1n) is 6.60. The molecule has 0 radical (unpaired) electrons. The lowest BCUT2D eigenvalue weighted by Crippen LogP contribution is -2.31. The third kappa shape index (κ3) is 6.57. The van der Waals surface area contributed by atoms with E-state index in [1.54, 1.807) is 25.1 Å². The number of alkyl halides is 3. The normalized spacial score (nSPS) is 12.6. The molecule has 2 amide bonds. The molecule has 0 aromatic heterocycles. The van der Waals surface area contributed by atoms with Gasteiger partial charge in [0.25, 0.3) is 5.91 Å². The van der Waals surface area contributed by atoms with E-state index in [9.17, 15) is 22.8 Å². The average molecular weight is 318 g/mol. The zero-order valence-corrected chi connectivity index (χ0v) is 12.2. The number of rotatable bonds is 6. The van der Waals surface area contributed by atoms with E-state index in [0.29, 0.717) is 17.8 Å². The van der Waals surface area contributed by atoms with Gasteiger partial charge in [-0.1, -0.05) is 13.0 Å². The number of hydrogen-bond acceptors (Lipinski definition) is 3. The highest BCUT2D eigenvalue weighted by molar-refractivity contribution is 5.95. The SMILES string of the molecule is CCC(=O)Nc1cccc(NC(=O)C(C)OCC(F)(F)F)c1. The Kier molecular flexibility index (Phi) is 6.36. The highest BCUT2D eigenvalue weighted by Gasteiger charge is 2.29.